The molecular weight excluding hydrogens is 137 g/mol. The largest absolute Gasteiger partial charge is 0.503 e. The van der Waals surface area contributed by atoms with Crippen LogP contribution in [0.25, 0.3) is 0 Å². The van der Waals surface area contributed by atoms with Crippen molar-refractivity contribution in [1.82, 2.24) is 4.98 Å². The fourth-order valence-corrected chi connectivity index (χ4v) is 0.532. The van der Waals surface area contributed by atoms with E-state index >= 15 is 0 Å². The monoisotopic (exact) mass is 141 g/mol. The Kier molecular flexibility index (Phi) is 1.62. The lowest BCUT2D eigenvalue weighted by atomic mass is 10.3. The Hall–Kier alpha value is -1.45. The summed E-state index contributed by atoms with van der Waals surface area (Å²) in [4.78, 5) is 13.4. The van der Waals surface area contributed by atoms with Gasteiger partial charge in [0.05, 0.1) is 0 Å². The molecule has 0 atom stereocenters. The molecule has 0 aliphatic carbocycles. The van der Waals surface area contributed by atoms with Crippen LogP contribution >= 0.6 is 0 Å². The predicted molar refractivity (Wildman–Crippen MR) is 31.2 cm³/mol. The van der Waals surface area contributed by atoms with E-state index in [0.29, 0.717) is 6.29 Å². The molecule has 1 aromatic rings. The average molecular weight is 141 g/mol. The molecule has 0 unspecified atom stereocenters. The summed E-state index contributed by atoms with van der Waals surface area (Å²) in [6.45, 7) is 0. The number of rotatable bonds is 1. The van der Waals surface area contributed by atoms with Crippen molar-refractivity contribution in [3.8, 4) is 5.75 Å². The second-order valence-electron chi connectivity index (χ2n) is 1.64. The number of aromatic nitrogens is 1. The first kappa shape index (κ1) is 6.67. The molecule has 4 heteroatoms. The van der Waals surface area contributed by atoms with E-state index < -0.39 is 11.6 Å². The number of carbonyl (C=O) groups excluding carboxylic acids is 1. The van der Waals surface area contributed by atoms with Crippen LogP contribution in [0.15, 0.2) is 12.3 Å². The van der Waals surface area contributed by atoms with Gasteiger partial charge in [0.25, 0.3) is 0 Å². The van der Waals surface area contributed by atoms with Gasteiger partial charge in [0.2, 0.25) is 0 Å². The number of hydrogen-bond donors (Lipinski definition) is 1. The normalized spacial score (nSPS) is 9.30. The fourth-order valence-electron chi connectivity index (χ4n) is 0.532. The molecule has 0 saturated heterocycles. The van der Waals surface area contributed by atoms with E-state index in [0.717, 1.165) is 12.3 Å². The van der Waals surface area contributed by atoms with Gasteiger partial charge in [-0.2, -0.15) is 0 Å². The van der Waals surface area contributed by atoms with Crippen molar-refractivity contribution in [3.63, 3.8) is 0 Å². The van der Waals surface area contributed by atoms with E-state index in [4.69, 9.17) is 5.11 Å². The van der Waals surface area contributed by atoms with Gasteiger partial charge in [0.1, 0.15) is 5.69 Å². The van der Waals surface area contributed by atoms with Gasteiger partial charge >= 0.3 is 0 Å². The lowest BCUT2D eigenvalue weighted by Gasteiger charge is -1.94. The highest BCUT2D eigenvalue weighted by Crippen LogP contribution is 2.15. The molecule has 0 radical (unpaired) electrons. The average Bonchev–Trinajstić information content (AvgIpc) is 1.95. The van der Waals surface area contributed by atoms with Gasteiger partial charge < -0.3 is 5.11 Å². The summed E-state index contributed by atoms with van der Waals surface area (Å²) in [5.74, 6) is -1.53. The number of nitrogens with zero attached hydrogens (tertiary/aromatic N) is 1. The van der Waals surface area contributed by atoms with E-state index in [9.17, 15) is 9.18 Å². The van der Waals surface area contributed by atoms with E-state index in [1.807, 2.05) is 0 Å². The van der Waals surface area contributed by atoms with Crippen molar-refractivity contribution in [1.29, 1.82) is 0 Å². The smallest absolute Gasteiger partial charge is 0.180 e. The predicted octanol–water partition coefficient (Wildman–Crippen LogP) is 0.739. The molecule has 0 aliphatic heterocycles. The molecule has 0 fully saturated rings. The van der Waals surface area contributed by atoms with Crippen molar-refractivity contribution >= 4 is 6.29 Å². The van der Waals surface area contributed by atoms with Crippen molar-refractivity contribution in [2.75, 3.05) is 0 Å². The quantitative estimate of drug-likeness (QED) is 0.587. The summed E-state index contributed by atoms with van der Waals surface area (Å²) in [6.07, 6.45) is 1.40. The number of aldehydes is 1. The van der Waals surface area contributed by atoms with Gasteiger partial charge in [-0.1, -0.05) is 0 Å². The number of halogens is 1. The van der Waals surface area contributed by atoms with Crippen molar-refractivity contribution < 1.29 is 14.3 Å². The van der Waals surface area contributed by atoms with Crippen LogP contribution in [0.5, 0.6) is 5.75 Å². The maximum Gasteiger partial charge on any atom is 0.180 e. The molecule has 0 aliphatic rings. The second kappa shape index (κ2) is 2.43. The van der Waals surface area contributed by atoms with Crippen molar-refractivity contribution in [3.05, 3.63) is 23.8 Å². The van der Waals surface area contributed by atoms with Crippen LogP contribution in [0, 0.1) is 5.82 Å². The Morgan fingerprint density at radius 1 is 1.70 bits per heavy atom. The van der Waals surface area contributed by atoms with Crippen LogP contribution in [-0.2, 0) is 0 Å². The molecule has 1 rings (SSSR count). The number of carbonyl (C=O) groups is 1. The van der Waals surface area contributed by atoms with Crippen LogP contribution in [0.1, 0.15) is 10.5 Å². The third-order valence-electron chi connectivity index (χ3n) is 1.01. The Morgan fingerprint density at radius 2 is 2.40 bits per heavy atom. The Balaban J connectivity index is 3.27. The van der Waals surface area contributed by atoms with Gasteiger partial charge in [-0.3, -0.25) is 4.79 Å². The molecule has 1 heterocycles. The molecule has 0 spiro atoms. The molecule has 0 amide bonds. The van der Waals surface area contributed by atoms with E-state index in [-0.39, 0.29) is 5.69 Å². The number of aromatic hydroxyl groups is 1. The third-order valence-corrected chi connectivity index (χ3v) is 1.01. The van der Waals surface area contributed by atoms with Crippen molar-refractivity contribution in [2.45, 2.75) is 0 Å². The van der Waals surface area contributed by atoms with Crippen LogP contribution in [0.2, 0.25) is 0 Å². The zero-order chi connectivity index (χ0) is 7.56. The van der Waals surface area contributed by atoms with E-state index in [2.05, 4.69) is 4.98 Å². The third kappa shape index (κ3) is 0.953. The minimum absolute atomic E-state index is 0.278. The van der Waals surface area contributed by atoms with E-state index in [1.54, 1.807) is 0 Å². The first-order chi connectivity index (χ1) is 4.75. The second-order valence-corrected chi connectivity index (χ2v) is 1.64. The summed E-state index contributed by atoms with van der Waals surface area (Å²) >= 11 is 0. The number of hydrogen-bond acceptors (Lipinski definition) is 3. The molecule has 1 N–H and O–H groups in total. The highest BCUT2D eigenvalue weighted by Gasteiger charge is 2.04. The Bertz CT molecular complexity index is 262. The van der Waals surface area contributed by atoms with Crippen molar-refractivity contribution in [2.24, 2.45) is 0 Å². The van der Waals surface area contributed by atoms with Crippen LogP contribution < -0.4 is 0 Å². The molecule has 1 aromatic heterocycles. The number of pyridine rings is 1. The molecule has 0 saturated carbocycles. The van der Waals surface area contributed by atoms with Crippen LogP contribution in [0.4, 0.5) is 4.39 Å². The standard InChI is InChI=1S/C6H4FNO2/c7-4-1-2-8-5(3-9)6(4)10/h1-3,10H. The van der Waals surface area contributed by atoms with Crippen LogP contribution in [0.3, 0.4) is 0 Å². The highest BCUT2D eigenvalue weighted by molar-refractivity contribution is 5.75. The Labute approximate surface area is 56.1 Å². The maximum absolute atomic E-state index is 12.3. The molecular formula is C6H4FNO2. The zero-order valence-electron chi connectivity index (χ0n) is 4.91. The molecule has 0 bridgehead atoms. The first-order valence-electron chi connectivity index (χ1n) is 2.54. The van der Waals surface area contributed by atoms with Gasteiger partial charge in [0, 0.05) is 6.20 Å². The fraction of sp³-hybridized carbons (Fsp3) is 0. The van der Waals surface area contributed by atoms with Crippen LogP contribution in [-0.4, -0.2) is 16.4 Å². The maximum atomic E-state index is 12.3. The zero-order valence-corrected chi connectivity index (χ0v) is 4.91. The molecule has 52 valence electrons. The Morgan fingerprint density at radius 3 is 2.90 bits per heavy atom. The van der Waals surface area contributed by atoms with Gasteiger partial charge in [-0.15, -0.1) is 0 Å². The molecule has 0 aromatic carbocycles. The van der Waals surface area contributed by atoms with Gasteiger partial charge in [0.15, 0.2) is 17.9 Å². The lowest BCUT2D eigenvalue weighted by molar-refractivity contribution is 0.111. The lowest BCUT2D eigenvalue weighted by Crippen LogP contribution is -1.88. The first-order valence-corrected chi connectivity index (χ1v) is 2.54. The minimum atomic E-state index is -0.836. The highest BCUT2D eigenvalue weighted by atomic mass is 19.1. The summed E-state index contributed by atoms with van der Waals surface area (Å²) in [5, 5.41) is 8.73. The summed E-state index contributed by atoms with van der Waals surface area (Å²) in [7, 11) is 0. The van der Waals surface area contributed by atoms with Gasteiger partial charge in [-0.05, 0) is 6.07 Å². The van der Waals surface area contributed by atoms with E-state index in [1.165, 1.54) is 0 Å². The SMILES string of the molecule is O=Cc1nccc(F)c1O. The van der Waals surface area contributed by atoms with Gasteiger partial charge in [-0.25, -0.2) is 9.37 Å². The molecule has 10 heavy (non-hydrogen) atoms. The summed E-state index contributed by atoms with van der Waals surface area (Å²) in [5.41, 5.74) is -0.278. The molecule has 3 nitrogen and oxygen atoms in total. The summed E-state index contributed by atoms with van der Waals surface area (Å²) < 4.78 is 12.3. The minimum Gasteiger partial charge on any atom is -0.503 e. The summed E-state index contributed by atoms with van der Waals surface area (Å²) in [6, 6.07) is 0.975. The topological polar surface area (TPSA) is 50.2 Å².